The predicted molar refractivity (Wildman–Crippen MR) is 128 cm³/mol. The first-order valence-electron chi connectivity index (χ1n) is 12.7. The lowest BCUT2D eigenvalue weighted by Crippen LogP contribution is -2.67. The summed E-state index contributed by atoms with van der Waals surface area (Å²) in [4.78, 5) is 15.2. The number of nitrogens with one attached hydrogen (secondary N) is 1. The first-order valence-corrected chi connectivity index (χ1v) is 13.1. The van der Waals surface area contributed by atoms with Crippen LogP contribution in [0.1, 0.15) is 62.6 Å². The van der Waals surface area contributed by atoms with Crippen LogP contribution in [0.2, 0.25) is 5.02 Å². The number of nitrogens with zero attached hydrogens (tertiary/aromatic N) is 3. The third-order valence-electron chi connectivity index (χ3n) is 8.67. The number of anilines is 1. The van der Waals surface area contributed by atoms with E-state index in [9.17, 15) is 23.1 Å². The van der Waals surface area contributed by atoms with Crippen LogP contribution in [0.15, 0.2) is 22.6 Å². The Kier molecular flexibility index (Phi) is 6.08. The molecule has 38 heavy (non-hydrogen) atoms. The van der Waals surface area contributed by atoms with Gasteiger partial charge in [-0.1, -0.05) is 11.6 Å². The summed E-state index contributed by atoms with van der Waals surface area (Å²) in [5, 5.41) is 23.2. The quantitative estimate of drug-likeness (QED) is 0.572. The standard InChI is InChI=1S/C25H28ClF3N4O5/c1-33-12-18(36-17-3-2-14(26)10-16(17)33)20(35)30-24-6-4-23(5-7-24,11-19(24)34)22-32-31-21(37-22)13-8-15(9-13)38-25(27,28)29/h2-3,10,13,15,18-19,34H,4-9,11-12H2,1H3,(H,30,35)/t13-,15+,18?,19-,23?,24?/m0/s1. The van der Waals surface area contributed by atoms with Crippen molar-refractivity contribution in [3.63, 3.8) is 0 Å². The molecule has 4 saturated carbocycles. The second kappa shape index (κ2) is 8.99. The smallest absolute Gasteiger partial charge is 0.477 e. The van der Waals surface area contributed by atoms with Gasteiger partial charge in [0, 0.05) is 18.0 Å². The minimum atomic E-state index is -4.66. The highest BCUT2D eigenvalue weighted by Crippen LogP contribution is 2.54. The minimum Gasteiger partial charge on any atom is -0.477 e. The summed E-state index contributed by atoms with van der Waals surface area (Å²) >= 11 is 6.09. The maximum atomic E-state index is 13.3. The third kappa shape index (κ3) is 4.50. The number of aliphatic hydroxyl groups excluding tert-OH is 1. The van der Waals surface area contributed by atoms with Crippen LogP contribution in [0, 0.1) is 0 Å². The molecule has 1 amide bonds. The van der Waals surface area contributed by atoms with Crippen molar-refractivity contribution in [3.05, 3.63) is 35.0 Å². The molecule has 7 rings (SSSR count). The number of ether oxygens (including phenoxy) is 2. The van der Waals surface area contributed by atoms with E-state index >= 15 is 0 Å². The van der Waals surface area contributed by atoms with Crippen molar-refractivity contribution in [2.75, 3.05) is 18.5 Å². The van der Waals surface area contributed by atoms with Crippen molar-refractivity contribution in [2.24, 2.45) is 0 Å². The maximum Gasteiger partial charge on any atom is 0.522 e. The van der Waals surface area contributed by atoms with Crippen LogP contribution >= 0.6 is 11.6 Å². The topological polar surface area (TPSA) is 110 Å². The van der Waals surface area contributed by atoms with Crippen molar-refractivity contribution in [2.45, 2.75) is 86.5 Å². The average molecular weight is 557 g/mol. The van der Waals surface area contributed by atoms with Gasteiger partial charge in [0.1, 0.15) is 5.75 Å². The van der Waals surface area contributed by atoms with Gasteiger partial charge in [0.15, 0.2) is 6.10 Å². The first-order chi connectivity index (χ1) is 18.0. The summed E-state index contributed by atoms with van der Waals surface area (Å²) in [7, 11) is 1.87. The molecule has 2 aromatic rings. The van der Waals surface area contributed by atoms with Gasteiger partial charge in [-0.15, -0.1) is 23.4 Å². The van der Waals surface area contributed by atoms with E-state index in [1.54, 1.807) is 18.2 Å². The molecule has 5 aliphatic rings. The van der Waals surface area contributed by atoms with Crippen LogP contribution in [0.4, 0.5) is 18.9 Å². The summed E-state index contributed by atoms with van der Waals surface area (Å²) in [6, 6.07) is 5.24. The van der Waals surface area contributed by atoms with Crippen molar-refractivity contribution in [1.82, 2.24) is 15.5 Å². The fourth-order valence-electron chi connectivity index (χ4n) is 6.34. The van der Waals surface area contributed by atoms with Crippen molar-refractivity contribution in [3.8, 4) is 5.75 Å². The molecule has 4 aliphatic carbocycles. The van der Waals surface area contributed by atoms with Crippen LogP contribution in [-0.2, 0) is 14.9 Å². The lowest BCUT2D eigenvalue weighted by atomic mass is 9.55. The number of carbonyl (C=O) groups excluding carboxylic acids is 1. The van der Waals surface area contributed by atoms with E-state index in [1.807, 2.05) is 11.9 Å². The number of rotatable bonds is 5. The number of aliphatic hydroxyl groups is 1. The zero-order chi connectivity index (χ0) is 26.9. The van der Waals surface area contributed by atoms with Gasteiger partial charge >= 0.3 is 6.36 Å². The fraction of sp³-hybridized carbons (Fsp3) is 0.640. The molecule has 1 aliphatic heterocycles. The summed E-state index contributed by atoms with van der Waals surface area (Å²) in [5.74, 6) is 0.722. The zero-order valence-corrected chi connectivity index (χ0v) is 21.4. The molecule has 206 valence electrons. The average Bonchev–Trinajstić information content (AvgIpc) is 3.32. The van der Waals surface area contributed by atoms with E-state index in [0.717, 1.165) is 5.69 Å². The molecule has 1 aromatic carbocycles. The Morgan fingerprint density at radius 1 is 1.24 bits per heavy atom. The molecule has 4 fully saturated rings. The number of hydrogen-bond acceptors (Lipinski definition) is 8. The van der Waals surface area contributed by atoms with Gasteiger partial charge in [-0.2, -0.15) is 0 Å². The molecule has 2 atom stereocenters. The highest BCUT2D eigenvalue weighted by atomic mass is 35.5. The molecule has 1 unspecified atom stereocenters. The molecule has 2 N–H and O–H groups in total. The van der Waals surface area contributed by atoms with Gasteiger partial charge < -0.3 is 24.5 Å². The molecule has 0 spiro atoms. The van der Waals surface area contributed by atoms with Crippen molar-refractivity contribution in [1.29, 1.82) is 0 Å². The Labute approximate surface area is 221 Å². The van der Waals surface area contributed by atoms with Crippen LogP contribution in [0.3, 0.4) is 0 Å². The minimum absolute atomic E-state index is 0.169. The van der Waals surface area contributed by atoms with Crippen molar-refractivity contribution >= 4 is 23.2 Å². The molecule has 2 bridgehead atoms. The first kappa shape index (κ1) is 25.7. The van der Waals surface area contributed by atoms with E-state index in [1.165, 1.54) is 0 Å². The highest BCUT2D eigenvalue weighted by Gasteiger charge is 2.58. The number of fused-ring (bicyclic) bond motifs is 4. The number of alkyl halides is 3. The Hall–Kier alpha value is -2.57. The lowest BCUT2D eigenvalue weighted by Gasteiger charge is -2.55. The normalized spacial score (nSPS) is 34.3. The highest BCUT2D eigenvalue weighted by molar-refractivity contribution is 6.31. The molecule has 0 saturated heterocycles. The number of likely N-dealkylation sites (N-methyl/N-ethyl adjacent to an activating group) is 1. The zero-order valence-electron chi connectivity index (χ0n) is 20.6. The monoisotopic (exact) mass is 556 g/mol. The second-order valence-corrected chi connectivity index (χ2v) is 11.5. The molecule has 13 heteroatoms. The number of carbonyl (C=O) groups is 1. The second-order valence-electron chi connectivity index (χ2n) is 11.0. The number of halogens is 4. The summed E-state index contributed by atoms with van der Waals surface area (Å²) in [5.41, 5.74) is -0.494. The number of hydrogen-bond donors (Lipinski definition) is 2. The predicted octanol–water partition coefficient (Wildman–Crippen LogP) is 3.83. The van der Waals surface area contributed by atoms with Gasteiger partial charge in [0.2, 0.25) is 11.8 Å². The maximum absolute atomic E-state index is 13.3. The van der Waals surface area contributed by atoms with Crippen LogP contribution in [0.25, 0.3) is 0 Å². The molecule has 1 aromatic heterocycles. The molecule has 0 radical (unpaired) electrons. The van der Waals surface area contributed by atoms with Gasteiger partial charge in [0.05, 0.1) is 35.4 Å². The molecule has 9 nitrogen and oxygen atoms in total. The largest absolute Gasteiger partial charge is 0.522 e. The van der Waals surface area contributed by atoms with Crippen LogP contribution in [0.5, 0.6) is 5.75 Å². The third-order valence-corrected chi connectivity index (χ3v) is 8.90. The van der Waals surface area contributed by atoms with Gasteiger partial charge in [-0.3, -0.25) is 9.53 Å². The van der Waals surface area contributed by atoms with Crippen molar-refractivity contribution < 1.29 is 37.0 Å². The molecular weight excluding hydrogens is 529 g/mol. The van der Waals surface area contributed by atoms with E-state index in [4.69, 9.17) is 20.8 Å². The summed E-state index contributed by atoms with van der Waals surface area (Å²) < 4.78 is 53.2. The number of benzene rings is 1. The number of aromatic nitrogens is 2. The summed E-state index contributed by atoms with van der Waals surface area (Å²) in [6.45, 7) is 0.343. The molecular formula is C25H28ClF3N4O5. The van der Waals surface area contributed by atoms with E-state index in [2.05, 4.69) is 20.3 Å². The SMILES string of the molecule is CN1CC(C(=O)NC23CCC(c4nnc([C@H]5C[C@@H](OC(F)(F)F)C5)o4)(CC2)C[C@@H]3O)Oc2ccc(Cl)cc21. The summed E-state index contributed by atoms with van der Waals surface area (Å²) in [6.07, 6.45) is -4.14. The van der Waals surface area contributed by atoms with Gasteiger partial charge in [0.25, 0.3) is 5.91 Å². The molecule has 2 heterocycles. The Bertz CT molecular complexity index is 1230. The fourth-order valence-corrected chi connectivity index (χ4v) is 6.51. The van der Waals surface area contributed by atoms with Gasteiger partial charge in [-0.05, 0) is 63.1 Å². The van der Waals surface area contributed by atoms with E-state index in [0.29, 0.717) is 61.2 Å². The Morgan fingerprint density at radius 3 is 2.66 bits per heavy atom. The van der Waals surface area contributed by atoms with E-state index in [-0.39, 0.29) is 24.7 Å². The van der Waals surface area contributed by atoms with Crippen LogP contribution in [-0.4, -0.2) is 65.0 Å². The number of amides is 1. The Morgan fingerprint density at radius 2 is 1.97 bits per heavy atom. The van der Waals surface area contributed by atoms with Crippen LogP contribution < -0.4 is 15.0 Å². The van der Waals surface area contributed by atoms with Gasteiger partial charge in [-0.25, -0.2) is 0 Å². The Balaban J connectivity index is 1.09. The lowest BCUT2D eigenvalue weighted by molar-refractivity contribution is -0.352. The van der Waals surface area contributed by atoms with E-state index < -0.39 is 35.6 Å².